The molecule has 4 amide bonds. The Morgan fingerprint density at radius 1 is 0.970 bits per heavy atom. The molecule has 0 saturated carbocycles. The van der Waals surface area contributed by atoms with Gasteiger partial charge in [-0.25, -0.2) is 0 Å². The predicted molar refractivity (Wildman–Crippen MR) is 119 cm³/mol. The maximum Gasteiger partial charge on any atom is 0.311 e. The summed E-state index contributed by atoms with van der Waals surface area (Å²) in [7, 11) is 0. The van der Waals surface area contributed by atoms with Crippen molar-refractivity contribution in [1.29, 1.82) is 0 Å². The van der Waals surface area contributed by atoms with Crippen molar-refractivity contribution in [3.8, 4) is 0 Å². The summed E-state index contributed by atoms with van der Waals surface area (Å²) >= 11 is 9.04. The van der Waals surface area contributed by atoms with Crippen LogP contribution in [-0.2, 0) is 19.1 Å². The molecule has 1 aliphatic heterocycles. The maximum absolute atomic E-state index is 12.2. The van der Waals surface area contributed by atoms with Crippen LogP contribution in [0.25, 0.3) is 0 Å². The van der Waals surface area contributed by atoms with Crippen molar-refractivity contribution in [2.45, 2.75) is 6.42 Å². The molecule has 2 aromatic rings. The molecule has 0 unspecified atom stereocenters. The van der Waals surface area contributed by atoms with E-state index >= 15 is 0 Å². The van der Waals surface area contributed by atoms with Crippen LogP contribution in [0.15, 0.2) is 53.0 Å². The van der Waals surface area contributed by atoms with Crippen LogP contribution in [0.2, 0.25) is 5.02 Å². The summed E-state index contributed by atoms with van der Waals surface area (Å²) in [6.07, 6.45) is -0.179. The number of esters is 1. The highest BCUT2D eigenvalue weighted by Gasteiger charge is 2.36. The Kier molecular flexibility index (Phi) is 8.01. The first kappa shape index (κ1) is 24.2. The Labute approximate surface area is 201 Å². The molecular weight excluding hydrogens is 520 g/mol. The molecule has 10 nitrogen and oxygen atoms in total. The number of ether oxygens (including phenoxy) is 1. The van der Waals surface area contributed by atoms with E-state index in [9.17, 15) is 24.0 Å². The number of hydrogen-bond acceptors (Lipinski definition) is 6. The lowest BCUT2D eigenvalue weighted by molar-refractivity contribution is -0.152. The topological polar surface area (TPSA) is 134 Å². The fourth-order valence-electron chi connectivity index (χ4n) is 2.85. The molecule has 0 radical (unpaired) electrons. The average molecular weight is 538 g/mol. The Balaban J connectivity index is 1.42. The molecule has 172 valence electrons. The molecule has 0 aliphatic carbocycles. The van der Waals surface area contributed by atoms with Gasteiger partial charge in [-0.1, -0.05) is 27.5 Å². The summed E-state index contributed by atoms with van der Waals surface area (Å²) in [5.74, 6) is -3.93. The number of carbonyl (C=O) groups is 5. The van der Waals surface area contributed by atoms with Crippen LogP contribution in [0.1, 0.15) is 27.1 Å². The second kappa shape index (κ2) is 10.9. The minimum atomic E-state index is -0.854. The number of rotatable bonds is 6. The maximum atomic E-state index is 12.2. The zero-order valence-corrected chi connectivity index (χ0v) is 19.3. The predicted octanol–water partition coefficient (Wildman–Crippen LogP) is 1.60. The standard InChI is InChI=1S/C21H18BrClN4O6/c22-15-5-1-12(2-6-15)19(30)25-24-17(28)11-33-21(32)14-9-18(29)27(10-14)26-20(31)13-3-7-16(23)8-4-13/h1-8,14H,9-11H2,(H,24,28)(H,25,30)(H,26,31)/t14-/m1/s1. The van der Waals surface area contributed by atoms with Gasteiger partial charge in [0.1, 0.15) is 0 Å². The van der Waals surface area contributed by atoms with Gasteiger partial charge in [-0.2, -0.15) is 0 Å². The van der Waals surface area contributed by atoms with Gasteiger partial charge in [-0.15, -0.1) is 0 Å². The van der Waals surface area contributed by atoms with Crippen LogP contribution in [0, 0.1) is 5.92 Å². The number of carbonyl (C=O) groups excluding carboxylic acids is 5. The molecule has 1 aliphatic rings. The van der Waals surface area contributed by atoms with E-state index in [1.807, 2.05) is 0 Å². The van der Waals surface area contributed by atoms with Crippen molar-refractivity contribution in [3.63, 3.8) is 0 Å². The van der Waals surface area contributed by atoms with Gasteiger partial charge < -0.3 is 4.74 Å². The number of halogens is 2. The number of hydrogen-bond donors (Lipinski definition) is 3. The number of hydrazine groups is 2. The molecule has 3 rings (SSSR count). The van der Waals surface area contributed by atoms with Gasteiger partial charge in [0, 0.05) is 27.0 Å². The van der Waals surface area contributed by atoms with Crippen LogP contribution in [-0.4, -0.2) is 47.8 Å². The third kappa shape index (κ3) is 6.77. The first-order valence-electron chi connectivity index (χ1n) is 9.61. The van der Waals surface area contributed by atoms with Crippen LogP contribution in [0.4, 0.5) is 0 Å². The van der Waals surface area contributed by atoms with E-state index in [0.717, 1.165) is 9.48 Å². The van der Waals surface area contributed by atoms with Crippen molar-refractivity contribution in [3.05, 3.63) is 69.2 Å². The van der Waals surface area contributed by atoms with Crippen LogP contribution < -0.4 is 16.3 Å². The third-order valence-corrected chi connectivity index (χ3v) is 5.35. The van der Waals surface area contributed by atoms with Crippen molar-refractivity contribution < 1.29 is 28.7 Å². The van der Waals surface area contributed by atoms with E-state index in [4.69, 9.17) is 16.3 Å². The smallest absolute Gasteiger partial charge is 0.311 e. The van der Waals surface area contributed by atoms with Crippen molar-refractivity contribution in [1.82, 2.24) is 21.3 Å². The first-order chi connectivity index (χ1) is 15.7. The molecule has 1 heterocycles. The Morgan fingerprint density at radius 2 is 1.58 bits per heavy atom. The number of nitrogens with one attached hydrogen (secondary N) is 3. The summed E-state index contributed by atoms with van der Waals surface area (Å²) in [5.41, 5.74) is 7.38. The van der Waals surface area contributed by atoms with E-state index < -0.39 is 42.1 Å². The second-order valence-electron chi connectivity index (χ2n) is 6.97. The van der Waals surface area contributed by atoms with Gasteiger partial charge in [0.15, 0.2) is 6.61 Å². The van der Waals surface area contributed by atoms with Crippen LogP contribution in [0.5, 0.6) is 0 Å². The molecule has 0 spiro atoms. The lowest BCUT2D eigenvalue weighted by atomic mass is 10.1. The Hall–Kier alpha value is -3.44. The molecule has 12 heteroatoms. The van der Waals surface area contributed by atoms with Gasteiger partial charge in [0.05, 0.1) is 12.5 Å². The lowest BCUT2D eigenvalue weighted by Crippen LogP contribution is -2.44. The minimum Gasteiger partial charge on any atom is -0.455 e. The molecule has 0 bridgehead atoms. The number of benzene rings is 2. The summed E-state index contributed by atoms with van der Waals surface area (Å²) in [6.45, 7) is -0.750. The largest absolute Gasteiger partial charge is 0.455 e. The van der Waals surface area contributed by atoms with Crippen LogP contribution >= 0.6 is 27.5 Å². The fraction of sp³-hybridized carbons (Fsp3) is 0.190. The normalized spacial score (nSPS) is 15.0. The van der Waals surface area contributed by atoms with E-state index in [1.165, 1.54) is 24.3 Å². The van der Waals surface area contributed by atoms with Crippen LogP contribution in [0.3, 0.4) is 0 Å². The second-order valence-corrected chi connectivity index (χ2v) is 8.32. The molecule has 33 heavy (non-hydrogen) atoms. The molecule has 1 atom stereocenters. The highest BCUT2D eigenvalue weighted by Crippen LogP contribution is 2.18. The Morgan fingerprint density at radius 3 is 2.24 bits per heavy atom. The van der Waals surface area contributed by atoms with E-state index in [1.54, 1.807) is 24.3 Å². The van der Waals surface area contributed by atoms with Crippen molar-refractivity contribution in [2.24, 2.45) is 5.92 Å². The van der Waals surface area contributed by atoms with Gasteiger partial charge in [-0.05, 0) is 48.5 Å². The first-order valence-corrected chi connectivity index (χ1v) is 10.8. The zero-order valence-electron chi connectivity index (χ0n) is 17.0. The quantitative estimate of drug-likeness (QED) is 0.379. The van der Waals surface area contributed by atoms with Gasteiger partial charge in [0.2, 0.25) is 5.91 Å². The fourth-order valence-corrected chi connectivity index (χ4v) is 3.24. The van der Waals surface area contributed by atoms with E-state index in [-0.39, 0.29) is 13.0 Å². The van der Waals surface area contributed by atoms with Crippen molar-refractivity contribution >= 4 is 57.1 Å². The lowest BCUT2D eigenvalue weighted by Gasteiger charge is -2.17. The summed E-state index contributed by atoms with van der Waals surface area (Å²) in [4.78, 5) is 60.4. The molecule has 1 fully saturated rings. The summed E-state index contributed by atoms with van der Waals surface area (Å²) in [5, 5.41) is 1.49. The molecule has 1 saturated heterocycles. The van der Waals surface area contributed by atoms with Gasteiger partial charge in [-0.3, -0.25) is 45.3 Å². The molecule has 2 aromatic carbocycles. The SMILES string of the molecule is O=C(COC(=O)[C@@H]1CC(=O)N(NC(=O)c2ccc(Cl)cc2)C1)NNC(=O)c1ccc(Br)cc1. The van der Waals surface area contributed by atoms with E-state index in [2.05, 4.69) is 32.2 Å². The van der Waals surface area contributed by atoms with E-state index in [0.29, 0.717) is 16.1 Å². The van der Waals surface area contributed by atoms with Gasteiger partial charge in [0.25, 0.3) is 17.7 Å². The summed E-state index contributed by atoms with van der Waals surface area (Å²) < 4.78 is 5.72. The minimum absolute atomic E-state index is 0.0983. The van der Waals surface area contributed by atoms with Crippen molar-refractivity contribution in [2.75, 3.05) is 13.2 Å². The molecular formula is C21H18BrClN4O6. The van der Waals surface area contributed by atoms with Gasteiger partial charge >= 0.3 is 5.97 Å². The average Bonchev–Trinajstić information content (AvgIpc) is 3.16. The zero-order chi connectivity index (χ0) is 24.0. The number of amides is 4. The molecule has 3 N–H and O–H groups in total. The summed E-state index contributed by atoms with van der Waals surface area (Å²) in [6, 6.07) is 12.5. The highest BCUT2D eigenvalue weighted by molar-refractivity contribution is 9.10. The highest BCUT2D eigenvalue weighted by atomic mass is 79.9. The molecule has 0 aromatic heterocycles. The monoisotopic (exact) mass is 536 g/mol. The number of nitrogens with zero attached hydrogens (tertiary/aromatic N) is 1. The third-order valence-electron chi connectivity index (χ3n) is 4.57. The Bertz CT molecular complexity index is 1080.